The quantitative estimate of drug-likeness (QED) is 0.786. The van der Waals surface area contributed by atoms with E-state index in [4.69, 9.17) is 0 Å². The molecule has 0 aliphatic heterocycles. The van der Waals surface area contributed by atoms with Gasteiger partial charge in [0.1, 0.15) is 0 Å². The molecule has 2 nitrogen and oxygen atoms in total. The van der Waals surface area contributed by atoms with Crippen LogP contribution in [0.1, 0.15) is 31.2 Å². The summed E-state index contributed by atoms with van der Waals surface area (Å²) < 4.78 is 0. The highest BCUT2D eigenvalue weighted by atomic mass is 16.5. The minimum Gasteiger partial charge on any atom is -0.313 e. The summed E-state index contributed by atoms with van der Waals surface area (Å²) >= 11 is 0. The average Bonchev–Trinajstić information content (AvgIpc) is 2.92. The number of hydrogen-bond donors (Lipinski definition) is 1. The van der Waals surface area contributed by atoms with Gasteiger partial charge in [0.2, 0.25) is 0 Å². The molecule has 3 unspecified atom stereocenters. The third-order valence-electron chi connectivity index (χ3n) is 4.27. The Morgan fingerprint density at radius 1 is 1.12 bits per heavy atom. The Hall–Kier alpha value is -0.860. The second kappa shape index (κ2) is 4.19. The van der Waals surface area contributed by atoms with E-state index in [1.807, 2.05) is 18.2 Å². The van der Waals surface area contributed by atoms with E-state index in [1.165, 1.54) is 31.2 Å². The van der Waals surface area contributed by atoms with Gasteiger partial charge in [-0.3, -0.25) is 0 Å². The number of nitrogens with zero attached hydrogens (tertiary/aromatic N) is 1. The number of benzene rings is 1. The van der Waals surface area contributed by atoms with E-state index in [9.17, 15) is 5.21 Å². The number of hydrogen-bond acceptors (Lipinski definition) is 2. The molecule has 0 radical (unpaired) electrons. The summed E-state index contributed by atoms with van der Waals surface area (Å²) in [5.41, 5.74) is 1.20. The van der Waals surface area contributed by atoms with Crippen molar-refractivity contribution in [3.63, 3.8) is 0 Å². The van der Waals surface area contributed by atoms with Crippen LogP contribution in [-0.4, -0.2) is 16.3 Å². The molecule has 2 fully saturated rings. The summed E-state index contributed by atoms with van der Waals surface area (Å²) in [5.74, 6) is 1.64. The zero-order valence-corrected chi connectivity index (χ0v) is 9.55. The first-order valence-corrected chi connectivity index (χ1v) is 6.32. The molecular weight excluding hydrogens is 198 g/mol. The Morgan fingerprint density at radius 2 is 1.94 bits per heavy atom. The van der Waals surface area contributed by atoms with E-state index < -0.39 is 0 Å². The summed E-state index contributed by atoms with van der Waals surface area (Å²) in [6, 6.07) is 10.7. The molecule has 0 aromatic heterocycles. The molecule has 2 aliphatic rings. The van der Waals surface area contributed by atoms with Crippen LogP contribution >= 0.6 is 0 Å². The van der Waals surface area contributed by atoms with Crippen molar-refractivity contribution in [2.45, 2.75) is 38.3 Å². The largest absolute Gasteiger partial charge is 0.313 e. The third kappa shape index (κ3) is 1.87. The van der Waals surface area contributed by atoms with E-state index in [0.717, 1.165) is 11.8 Å². The zero-order valence-electron chi connectivity index (χ0n) is 9.55. The molecule has 1 aromatic rings. The van der Waals surface area contributed by atoms with Crippen LogP contribution in [0.2, 0.25) is 0 Å². The van der Waals surface area contributed by atoms with Gasteiger partial charge < -0.3 is 5.21 Å². The maximum atomic E-state index is 10.2. The van der Waals surface area contributed by atoms with Gasteiger partial charge in [-0.15, -0.1) is 0 Å². The van der Waals surface area contributed by atoms with Crippen LogP contribution in [0, 0.1) is 11.8 Å². The standard InChI is InChI=1S/C14H19NO/c16-15(10-11-4-2-1-3-5-11)14-9-12-6-7-13(14)8-12/h1-5,12-14,16H,6-10H2. The first-order valence-electron chi connectivity index (χ1n) is 6.32. The van der Waals surface area contributed by atoms with E-state index in [1.54, 1.807) is 5.06 Å². The SMILES string of the molecule is ON(Cc1ccccc1)C1CC2CCC1C2. The van der Waals surface area contributed by atoms with Crippen LogP contribution in [0.3, 0.4) is 0 Å². The molecule has 2 saturated carbocycles. The summed E-state index contributed by atoms with van der Waals surface area (Å²) in [7, 11) is 0. The number of hydroxylamine groups is 2. The summed E-state index contributed by atoms with van der Waals surface area (Å²) in [5, 5.41) is 11.7. The van der Waals surface area contributed by atoms with Crippen molar-refractivity contribution in [2.75, 3.05) is 0 Å². The topological polar surface area (TPSA) is 23.5 Å². The van der Waals surface area contributed by atoms with Crippen molar-refractivity contribution in [2.24, 2.45) is 11.8 Å². The van der Waals surface area contributed by atoms with Gasteiger partial charge in [0.05, 0.1) is 0 Å². The first kappa shape index (κ1) is 10.3. The second-order valence-electron chi connectivity index (χ2n) is 5.33. The fourth-order valence-corrected chi connectivity index (χ4v) is 3.46. The molecule has 86 valence electrons. The van der Waals surface area contributed by atoms with Crippen molar-refractivity contribution in [1.82, 2.24) is 5.06 Å². The lowest BCUT2D eigenvalue weighted by Crippen LogP contribution is -2.35. The molecule has 1 N–H and O–H groups in total. The van der Waals surface area contributed by atoms with Crippen LogP contribution in [0.4, 0.5) is 0 Å². The van der Waals surface area contributed by atoms with Gasteiger partial charge >= 0.3 is 0 Å². The van der Waals surface area contributed by atoms with E-state index in [-0.39, 0.29) is 0 Å². The molecule has 0 heterocycles. The van der Waals surface area contributed by atoms with Crippen LogP contribution in [0.25, 0.3) is 0 Å². The van der Waals surface area contributed by atoms with E-state index in [2.05, 4.69) is 12.1 Å². The number of fused-ring (bicyclic) bond motifs is 2. The van der Waals surface area contributed by atoms with Gasteiger partial charge in [-0.05, 0) is 36.7 Å². The monoisotopic (exact) mass is 217 g/mol. The van der Waals surface area contributed by atoms with Gasteiger partial charge in [0.25, 0.3) is 0 Å². The minimum absolute atomic E-state index is 0.416. The first-order chi connectivity index (χ1) is 7.83. The predicted octanol–water partition coefficient (Wildman–Crippen LogP) is 3.07. The summed E-state index contributed by atoms with van der Waals surface area (Å²) in [6.07, 6.45) is 5.26. The maximum Gasteiger partial charge on any atom is 0.0491 e. The molecule has 2 heteroatoms. The minimum atomic E-state index is 0.416. The van der Waals surface area contributed by atoms with Gasteiger partial charge in [0, 0.05) is 12.6 Å². The Bertz CT molecular complexity index is 351. The molecule has 1 aromatic carbocycles. The Morgan fingerprint density at radius 3 is 2.56 bits per heavy atom. The normalized spacial score (nSPS) is 32.5. The zero-order chi connectivity index (χ0) is 11.0. The fraction of sp³-hybridized carbons (Fsp3) is 0.571. The fourth-order valence-electron chi connectivity index (χ4n) is 3.46. The van der Waals surface area contributed by atoms with Crippen LogP contribution in [0.5, 0.6) is 0 Å². The predicted molar refractivity (Wildman–Crippen MR) is 63.0 cm³/mol. The molecule has 0 amide bonds. The van der Waals surface area contributed by atoms with E-state index >= 15 is 0 Å². The smallest absolute Gasteiger partial charge is 0.0491 e. The lowest BCUT2D eigenvalue weighted by Gasteiger charge is -2.29. The molecular formula is C14H19NO. The highest BCUT2D eigenvalue weighted by molar-refractivity contribution is 5.14. The third-order valence-corrected chi connectivity index (χ3v) is 4.27. The summed E-state index contributed by atoms with van der Waals surface area (Å²) in [6.45, 7) is 0.675. The maximum absolute atomic E-state index is 10.2. The van der Waals surface area contributed by atoms with Crippen LogP contribution in [0.15, 0.2) is 30.3 Å². The molecule has 3 rings (SSSR count). The Kier molecular flexibility index (Phi) is 2.70. The highest BCUT2D eigenvalue weighted by Gasteiger charge is 2.42. The lowest BCUT2D eigenvalue weighted by molar-refractivity contribution is -0.148. The van der Waals surface area contributed by atoms with Gasteiger partial charge in [-0.2, -0.15) is 5.06 Å². The Labute approximate surface area is 96.8 Å². The van der Waals surface area contributed by atoms with Crippen molar-refractivity contribution in [1.29, 1.82) is 0 Å². The van der Waals surface area contributed by atoms with Crippen LogP contribution in [-0.2, 0) is 6.54 Å². The van der Waals surface area contributed by atoms with Gasteiger partial charge in [-0.1, -0.05) is 36.8 Å². The number of rotatable bonds is 3. The molecule has 2 aliphatic carbocycles. The van der Waals surface area contributed by atoms with Gasteiger partial charge in [0.15, 0.2) is 0 Å². The molecule has 2 bridgehead atoms. The summed E-state index contributed by atoms with van der Waals surface area (Å²) in [4.78, 5) is 0. The highest BCUT2D eigenvalue weighted by Crippen LogP contribution is 2.46. The molecule has 0 saturated heterocycles. The van der Waals surface area contributed by atoms with Crippen molar-refractivity contribution < 1.29 is 5.21 Å². The van der Waals surface area contributed by atoms with Gasteiger partial charge in [-0.25, -0.2) is 0 Å². The second-order valence-corrected chi connectivity index (χ2v) is 5.33. The molecule has 0 spiro atoms. The van der Waals surface area contributed by atoms with E-state index in [0.29, 0.717) is 12.6 Å². The van der Waals surface area contributed by atoms with Crippen molar-refractivity contribution >= 4 is 0 Å². The van der Waals surface area contributed by atoms with Crippen LogP contribution < -0.4 is 0 Å². The van der Waals surface area contributed by atoms with Crippen molar-refractivity contribution in [3.05, 3.63) is 35.9 Å². The van der Waals surface area contributed by atoms with Crippen molar-refractivity contribution in [3.8, 4) is 0 Å². The Balaban J connectivity index is 1.64. The molecule has 16 heavy (non-hydrogen) atoms. The lowest BCUT2D eigenvalue weighted by atomic mass is 9.95. The molecule has 3 atom stereocenters. The average molecular weight is 217 g/mol.